The number of carboxylic acid groups (broad SMARTS) is 1. The molecule has 2 unspecified atom stereocenters. The summed E-state index contributed by atoms with van der Waals surface area (Å²) in [6, 6.07) is -1.25. The Hall–Kier alpha value is -1.30. The summed E-state index contributed by atoms with van der Waals surface area (Å²) >= 11 is 0. The Morgan fingerprint density at radius 1 is 1.50 bits per heavy atom. The molecule has 3 N–H and O–H groups in total. The van der Waals surface area contributed by atoms with E-state index in [0.717, 1.165) is 6.42 Å². The van der Waals surface area contributed by atoms with Gasteiger partial charge in [-0.2, -0.15) is 0 Å². The van der Waals surface area contributed by atoms with E-state index in [1.807, 2.05) is 13.8 Å². The van der Waals surface area contributed by atoms with Crippen molar-refractivity contribution < 1.29 is 19.8 Å². The zero-order valence-electron chi connectivity index (χ0n) is 10.9. The first-order valence-electron chi connectivity index (χ1n) is 6.42. The molecule has 1 aliphatic heterocycles. The van der Waals surface area contributed by atoms with Crippen LogP contribution in [0.4, 0.5) is 4.79 Å². The molecule has 0 saturated carbocycles. The minimum atomic E-state index is -1.02. The lowest BCUT2D eigenvalue weighted by Gasteiger charge is -2.34. The molecule has 1 aliphatic rings. The van der Waals surface area contributed by atoms with Crippen LogP contribution in [0.3, 0.4) is 0 Å². The number of likely N-dealkylation sites (tertiary alicyclic amines) is 1. The third-order valence-electron chi connectivity index (χ3n) is 3.38. The molecule has 0 spiro atoms. The van der Waals surface area contributed by atoms with E-state index >= 15 is 0 Å². The van der Waals surface area contributed by atoms with E-state index in [9.17, 15) is 14.7 Å². The van der Waals surface area contributed by atoms with Crippen LogP contribution in [-0.4, -0.2) is 52.3 Å². The van der Waals surface area contributed by atoms with E-state index in [1.165, 1.54) is 4.90 Å². The minimum absolute atomic E-state index is 0.181. The molecule has 104 valence electrons. The number of piperidine rings is 1. The van der Waals surface area contributed by atoms with Crippen molar-refractivity contribution in [2.75, 3.05) is 13.1 Å². The summed E-state index contributed by atoms with van der Waals surface area (Å²) < 4.78 is 0. The van der Waals surface area contributed by atoms with Crippen LogP contribution in [0.15, 0.2) is 0 Å². The predicted octanol–water partition coefficient (Wildman–Crippen LogP) is 0.652. The predicted molar refractivity (Wildman–Crippen MR) is 66.2 cm³/mol. The van der Waals surface area contributed by atoms with Crippen molar-refractivity contribution in [2.45, 2.75) is 45.3 Å². The Labute approximate surface area is 107 Å². The fourth-order valence-corrected chi connectivity index (χ4v) is 2.02. The molecule has 3 atom stereocenters. The molecule has 0 aromatic heterocycles. The number of aliphatic hydroxyl groups excluding tert-OH is 1. The second-order valence-electron chi connectivity index (χ2n) is 4.91. The van der Waals surface area contributed by atoms with E-state index in [1.54, 1.807) is 0 Å². The summed E-state index contributed by atoms with van der Waals surface area (Å²) in [4.78, 5) is 24.3. The Balaban J connectivity index is 2.51. The lowest BCUT2D eigenvalue weighted by atomic mass is 9.96. The van der Waals surface area contributed by atoms with Crippen molar-refractivity contribution in [3.63, 3.8) is 0 Å². The van der Waals surface area contributed by atoms with Crippen molar-refractivity contribution in [1.82, 2.24) is 10.2 Å². The quantitative estimate of drug-likeness (QED) is 0.690. The third kappa shape index (κ3) is 3.87. The molecule has 0 radical (unpaired) electrons. The highest BCUT2D eigenvalue weighted by atomic mass is 16.4. The van der Waals surface area contributed by atoms with Crippen LogP contribution in [0.2, 0.25) is 0 Å². The number of β-amino-alcohol motifs (C(OH)–C–C–N with tert-alkyl or cyclic N) is 1. The number of amides is 2. The SMILES string of the molecule is CCC[C@@H](NC(=O)N1CCC(C)C(O)C1)C(=O)O. The summed E-state index contributed by atoms with van der Waals surface area (Å²) in [5.74, 6) is -0.837. The highest BCUT2D eigenvalue weighted by molar-refractivity contribution is 5.82. The number of hydrogen-bond donors (Lipinski definition) is 3. The van der Waals surface area contributed by atoms with Gasteiger partial charge in [0.1, 0.15) is 6.04 Å². The molecular formula is C12H22N2O4. The first kappa shape index (κ1) is 14.8. The lowest BCUT2D eigenvalue weighted by Crippen LogP contribution is -2.53. The van der Waals surface area contributed by atoms with Crippen LogP contribution in [0.5, 0.6) is 0 Å². The summed E-state index contributed by atoms with van der Waals surface area (Å²) in [7, 11) is 0. The standard InChI is InChI=1S/C12H22N2O4/c1-3-4-9(11(16)17)13-12(18)14-6-5-8(2)10(15)7-14/h8-10,15H,3-7H2,1-2H3,(H,13,18)(H,16,17)/t8?,9-,10?/m1/s1. The Bertz CT molecular complexity index is 308. The number of hydrogen-bond acceptors (Lipinski definition) is 3. The summed E-state index contributed by atoms with van der Waals surface area (Å²) in [5.41, 5.74) is 0. The molecule has 18 heavy (non-hydrogen) atoms. The molecule has 0 bridgehead atoms. The average Bonchev–Trinajstić information content (AvgIpc) is 2.31. The van der Waals surface area contributed by atoms with Crippen molar-refractivity contribution in [2.24, 2.45) is 5.92 Å². The number of nitrogens with zero attached hydrogens (tertiary/aromatic N) is 1. The molecule has 6 nitrogen and oxygen atoms in total. The third-order valence-corrected chi connectivity index (χ3v) is 3.38. The van der Waals surface area contributed by atoms with Gasteiger partial charge in [-0.15, -0.1) is 0 Å². The number of urea groups is 1. The van der Waals surface area contributed by atoms with Gasteiger partial charge in [-0.1, -0.05) is 20.3 Å². The molecule has 1 fully saturated rings. The van der Waals surface area contributed by atoms with E-state index in [4.69, 9.17) is 5.11 Å². The first-order valence-corrected chi connectivity index (χ1v) is 6.42. The summed E-state index contributed by atoms with van der Waals surface area (Å²) in [6.07, 6.45) is 1.31. The van der Waals surface area contributed by atoms with E-state index in [2.05, 4.69) is 5.32 Å². The molecule has 1 heterocycles. The molecule has 6 heteroatoms. The smallest absolute Gasteiger partial charge is 0.326 e. The fourth-order valence-electron chi connectivity index (χ4n) is 2.02. The van der Waals surface area contributed by atoms with E-state index in [-0.39, 0.29) is 12.5 Å². The number of carbonyl (C=O) groups is 2. The maximum Gasteiger partial charge on any atom is 0.326 e. The highest BCUT2D eigenvalue weighted by Gasteiger charge is 2.29. The topological polar surface area (TPSA) is 89.9 Å². The number of aliphatic carboxylic acids is 1. The molecular weight excluding hydrogens is 236 g/mol. The maximum atomic E-state index is 11.9. The average molecular weight is 258 g/mol. The van der Waals surface area contributed by atoms with Crippen LogP contribution in [0.1, 0.15) is 33.1 Å². The number of carbonyl (C=O) groups excluding carboxylic acids is 1. The molecule has 1 saturated heterocycles. The van der Waals surface area contributed by atoms with Crippen LogP contribution in [-0.2, 0) is 4.79 Å². The number of rotatable bonds is 4. The highest BCUT2D eigenvalue weighted by Crippen LogP contribution is 2.17. The number of carboxylic acids is 1. The van der Waals surface area contributed by atoms with Crippen LogP contribution in [0, 0.1) is 5.92 Å². The maximum absolute atomic E-state index is 11.9. The van der Waals surface area contributed by atoms with Gasteiger partial charge < -0.3 is 20.4 Å². The number of nitrogens with one attached hydrogen (secondary N) is 1. The summed E-state index contributed by atoms with van der Waals surface area (Å²) in [6.45, 7) is 4.64. The van der Waals surface area contributed by atoms with Crippen LogP contribution < -0.4 is 5.32 Å². The molecule has 0 aromatic carbocycles. The largest absolute Gasteiger partial charge is 0.480 e. The normalized spacial score (nSPS) is 25.6. The molecule has 2 amide bonds. The zero-order valence-corrected chi connectivity index (χ0v) is 10.9. The van der Waals surface area contributed by atoms with Gasteiger partial charge in [0, 0.05) is 13.1 Å². The van der Waals surface area contributed by atoms with Crippen molar-refractivity contribution in [3.8, 4) is 0 Å². The van der Waals surface area contributed by atoms with Gasteiger partial charge in [0.05, 0.1) is 6.10 Å². The Morgan fingerprint density at radius 3 is 2.67 bits per heavy atom. The minimum Gasteiger partial charge on any atom is -0.480 e. The van der Waals surface area contributed by atoms with E-state index < -0.39 is 24.1 Å². The zero-order chi connectivity index (χ0) is 13.7. The van der Waals surface area contributed by atoms with Gasteiger partial charge in [-0.05, 0) is 18.8 Å². The van der Waals surface area contributed by atoms with E-state index in [0.29, 0.717) is 19.4 Å². The van der Waals surface area contributed by atoms with Gasteiger partial charge in [0.15, 0.2) is 0 Å². The first-order chi connectivity index (χ1) is 8.45. The van der Waals surface area contributed by atoms with Crippen molar-refractivity contribution >= 4 is 12.0 Å². The van der Waals surface area contributed by atoms with Gasteiger partial charge in [0.25, 0.3) is 0 Å². The Kier molecular flexibility index (Phi) is 5.40. The number of aliphatic hydroxyl groups is 1. The van der Waals surface area contributed by atoms with Gasteiger partial charge in [-0.3, -0.25) is 0 Å². The van der Waals surface area contributed by atoms with Crippen LogP contribution in [0.25, 0.3) is 0 Å². The lowest BCUT2D eigenvalue weighted by molar-refractivity contribution is -0.139. The van der Waals surface area contributed by atoms with Gasteiger partial charge in [-0.25, -0.2) is 9.59 Å². The van der Waals surface area contributed by atoms with Crippen molar-refractivity contribution in [1.29, 1.82) is 0 Å². The molecule has 0 aromatic rings. The van der Waals surface area contributed by atoms with Gasteiger partial charge >= 0.3 is 12.0 Å². The second-order valence-corrected chi connectivity index (χ2v) is 4.91. The van der Waals surface area contributed by atoms with Crippen molar-refractivity contribution in [3.05, 3.63) is 0 Å². The molecule has 1 rings (SSSR count). The van der Waals surface area contributed by atoms with Gasteiger partial charge in [0.2, 0.25) is 0 Å². The Morgan fingerprint density at radius 2 is 2.17 bits per heavy atom. The molecule has 0 aliphatic carbocycles. The summed E-state index contributed by atoms with van der Waals surface area (Å²) in [5, 5.41) is 21.2. The second kappa shape index (κ2) is 6.58. The monoisotopic (exact) mass is 258 g/mol. The fraction of sp³-hybridized carbons (Fsp3) is 0.833. The van der Waals surface area contributed by atoms with Crippen LogP contribution >= 0.6 is 0 Å².